The van der Waals surface area contributed by atoms with Gasteiger partial charge < -0.3 is 0 Å². The molecule has 0 heterocycles. The average molecular weight is 327 g/mol. The van der Waals surface area contributed by atoms with Gasteiger partial charge in [-0.2, -0.15) is 5.26 Å². The van der Waals surface area contributed by atoms with Crippen molar-refractivity contribution < 1.29 is 13.3 Å². The highest BCUT2D eigenvalue weighted by molar-refractivity contribution is 7.92. The molecule has 1 aromatic carbocycles. The van der Waals surface area contributed by atoms with Crippen LogP contribution in [0.15, 0.2) is 18.2 Å². The fourth-order valence-corrected chi connectivity index (χ4v) is 5.63. The van der Waals surface area contributed by atoms with E-state index in [1.807, 2.05) is 19.6 Å². The molecule has 0 radical (unpaired) electrons. The zero-order valence-corrected chi connectivity index (χ0v) is 13.9. The molecule has 1 aromatic rings. The van der Waals surface area contributed by atoms with Crippen molar-refractivity contribution in [2.45, 2.75) is 25.7 Å². The molecular weight excluding hydrogens is 310 g/mol. The molecule has 0 atom stereocenters. The smallest absolute Gasteiger partial charge is 0.277 e. The van der Waals surface area contributed by atoms with E-state index in [0.717, 1.165) is 6.07 Å². The van der Waals surface area contributed by atoms with E-state index in [1.165, 1.54) is 12.1 Å². The van der Waals surface area contributed by atoms with Gasteiger partial charge in [0.2, 0.25) is 10.0 Å². The lowest BCUT2D eigenvalue weighted by Gasteiger charge is -2.16. The number of benzene rings is 1. The van der Waals surface area contributed by atoms with Crippen molar-refractivity contribution in [3.63, 3.8) is 0 Å². The topological polar surface area (TPSA) is 113 Å². The Morgan fingerprint density at radius 3 is 2.48 bits per heavy atom. The molecule has 0 amide bonds. The van der Waals surface area contributed by atoms with Gasteiger partial charge in [0.05, 0.1) is 22.3 Å². The minimum atomic E-state index is -3.65. The number of nitro benzene ring substituents is 1. The Bertz CT molecular complexity index is 689. The van der Waals surface area contributed by atoms with Gasteiger partial charge in [0.15, 0.2) is 0 Å². The maximum Gasteiger partial charge on any atom is 0.294 e. The molecule has 7 nitrogen and oxygen atoms in total. The van der Waals surface area contributed by atoms with E-state index < -0.39 is 28.7 Å². The lowest BCUT2D eigenvalue weighted by Crippen LogP contribution is -2.26. The number of rotatable bonds is 6. The SMILES string of the molecule is C[Si](C)(C)CCS(=O)(=O)Nc1ccc(C#N)cc1[N+](=O)[O-]. The summed E-state index contributed by atoms with van der Waals surface area (Å²) < 4.78 is 26.2. The van der Waals surface area contributed by atoms with Gasteiger partial charge in [0.1, 0.15) is 5.69 Å². The summed E-state index contributed by atoms with van der Waals surface area (Å²) in [6, 6.07) is 5.97. The molecule has 0 aromatic heterocycles. The van der Waals surface area contributed by atoms with Crippen LogP contribution in [0.1, 0.15) is 5.56 Å². The summed E-state index contributed by atoms with van der Waals surface area (Å²) in [7, 11) is -5.18. The molecule has 1 rings (SSSR count). The van der Waals surface area contributed by atoms with Crippen molar-refractivity contribution in [1.82, 2.24) is 0 Å². The number of sulfonamides is 1. The van der Waals surface area contributed by atoms with E-state index in [-0.39, 0.29) is 17.0 Å². The van der Waals surface area contributed by atoms with Crippen LogP contribution in [-0.4, -0.2) is 27.2 Å². The Balaban J connectivity index is 3.02. The summed E-state index contributed by atoms with van der Waals surface area (Å²) in [6.45, 7) is 6.14. The number of nitro groups is 1. The molecule has 0 saturated heterocycles. The first-order chi connectivity index (χ1) is 9.54. The van der Waals surface area contributed by atoms with E-state index in [1.54, 1.807) is 6.07 Å². The van der Waals surface area contributed by atoms with Crippen LogP contribution in [0.4, 0.5) is 11.4 Å². The van der Waals surface area contributed by atoms with Crippen LogP contribution in [0.3, 0.4) is 0 Å². The van der Waals surface area contributed by atoms with Crippen molar-refractivity contribution >= 4 is 29.5 Å². The molecule has 1 N–H and O–H groups in total. The number of nitrogens with one attached hydrogen (secondary N) is 1. The molecule has 0 bridgehead atoms. The number of hydrogen-bond donors (Lipinski definition) is 1. The van der Waals surface area contributed by atoms with Crippen LogP contribution in [0.2, 0.25) is 25.7 Å². The Hall–Kier alpha value is -1.92. The molecule has 0 saturated carbocycles. The molecule has 0 aliphatic heterocycles. The highest BCUT2D eigenvalue weighted by atomic mass is 32.2. The van der Waals surface area contributed by atoms with Crippen molar-refractivity contribution in [2.24, 2.45) is 0 Å². The van der Waals surface area contributed by atoms with Crippen molar-refractivity contribution in [3.8, 4) is 6.07 Å². The monoisotopic (exact) mass is 327 g/mol. The van der Waals surface area contributed by atoms with Gasteiger partial charge >= 0.3 is 0 Å². The number of anilines is 1. The van der Waals surface area contributed by atoms with Crippen LogP contribution < -0.4 is 4.72 Å². The number of nitrogens with zero attached hydrogens (tertiary/aromatic N) is 2. The maximum absolute atomic E-state index is 12.0. The zero-order chi connectivity index (χ0) is 16.3. The van der Waals surface area contributed by atoms with Gasteiger partial charge in [-0.3, -0.25) is 14.8 Å². The van der Waals surface area contributed by atoms with E-state index in [4.69, 9.17) is 5.26 Å². The van der Waals surface area contributed by atoms with Gasteiger partial charge in [-0.05, 0) is 18.2 Å². The molecule has 0 fully saturated rings. The van der Waals surface area contributed by atoms with Crippen molar-refractivity contribution in [3.05, 3.63) is 33.9 Å². The van der Waals surface area contributed by atoms with E-state index in [9.17, 15) is 18.5 Å². The summed E-state index contributed by atoms with van der Waals surface area (Å²) in [6.07, 6.45) is 0. The number of nitriles is 1. The van der Waals surface area contributed by atoms with Gasteiger partial charge in [0.25, 0.3) is 5.69 Å². The lowest BCUT2D eigenvalue weighted by atomic mass is 10.2. The van der Waals surface area contributed by atoms with Gasteiger partial charge in [-0.1, -0.05) is 19.6 Å². The summed E-state index contributed by atoms with van der Waals surface area (Å²) in [5.41, 5.74) is -0.438. The maximum atomic E-state index is 12.0. The van der Waals surface area contributed by atoms with Crippen LogP contribution in [0.25, 0.3) is 0 Å². The summed E-state index contributed by atoms with van der Waals surface area (Å²) in [5, 5.41) is 19.7. The van der Waals surface area contributed by atoms with Crippen molar-refractivity contribution in [1.29, 1.82) is 5.26 Å². The Labute approximate surface area is 124 Å². The van der Waals surface area contributed by atoms with Gasteiger partial charge in [-0.15, -0.1) is 0 Å². The molecule has 0 spiro atoms. The molecule has 114 valence electrons. The Morgan fingerprint density at radius 1 is 1.38 bits per heavy atom. The van der Waals surface area contributed by atoms with E-state index >= 15 is 0 Å². The predicted octanol–water partition coefficient (Wildman–Crippen LogP) is 2.55. The summed E-state index contributed by atoms with van der Waals surface area (Å²) in [4.78, 5) is 10.2. The molecule has 9 heteroatoms. The molecule has 21 heavy (non-hydrogen) atoms. The van der Waals surface area contributed by atoms with Crippen LogP contribution in [0, 0.1) is 21.4 Å². The standard InChI is InChI=1S/C12H17N3O4SSi/c1-21(2,3)7-6-20(18,19)14-11-5-4-10(9-13)8-12(11)15(16)17/h4-5,8,14H,6-7H2,1-3H3. The van der Waals surface area contributed by atoms with Crippen LogP contribution in [-0.2, 0) is 10.0 Å². The zero-order valence-electron chi connectivity index (χ0n) is 12.1. The third-order valence-corrected chi connectivity index (χ3v) is 6.09. The van der Waals surface area contributed by atoms with E-state index in [2.05, 4.69) is 4.72 Å². The lowest BCUT2D eigenvalue weighted by molar-refractivity contribution is -0.383. The molecule has 0 aliphatic rings. The first-order valence-corrected chi connectivity index (χ1v) is 11.6. The Morgan fingerprint density at radius 2 is 2.00 bits per heavy atom. The summed E-state index contributed by atoms with van der Waals surface area (Å²) in [5.74, 6) is -0.0696. The second-order valence-electron chi connectivity index (χ2n) is 5.83. The molecular formula is C12H17N3O4SSi. The molecule has 0 unspecified atom stereocenters. The van der Waals surface area contributed by atoms with Crippen molar-refractivity contribution in [2.75, 3.05) is 10.5 Å². The van der Waals surface area contributed by atoms with Crippen LogP contribution in [0.5, 0.6) is 0 Å². The first-order valence-electron chi connectivity index (χ1n) is 6.23. The largest absolute Gasteiger partial charge is 0.294 e. The first kappa shape index (κ1) is 17.1. The highest BCUT2D eigenvalue weighted by Gasteiger charge is 2.22. The average Bonchev–Trinajstić information content (AvgIpc) is 2.35. The quantitative estimate of drug-likeness (QED) is 0.490. The van der Waals surface area contributed by atoms with Crippen LogP contribution >= 0.6 is 0 Å². The highest BCUT2D eigenvalue weighted by Crippen LogP contribution is 2.26. The minimum Gasteiger partial charge on any atom is -0.277 e. The third-order valence-electron chi connectivity index (χ3n) is 2.71. The number of hydrogen-bond acceptors (Lipinski definition) is 5. The fraction of sp³-hybridized carbons (Fsp3) is 0.417. The molecule has 0 aliphatic carbocycles. The predicted molar refractivity (Wildman–Crippen MR) is 83.4 cm³/mol. The minimum absolute atomic E-state index is 0.0696. The summed E-state index contributed by atoms with van der Waals surface area (Å²) >= 11 is 0. The Kier molecular flexibility index (Phi) is 5.09. The fourth-order valence-electron chi connectivity index (χ4n) is 1.50. The third kappa shape index (κ3) is 5.53. The van der Waals surface area contributed by atoms with Gasteiger partial charge in [-0.25, -0.2) is 8.42 Å². The van der Waals surface area contributed by atoms with E-state index in [0.29, 0.717) is 6.04 Å². The normalized spacial score (nSPS) is 11.7. The second-order valence-corrected chi connectivity index (χ2v) is 13.3. The van der Waals surface area contributed by atoms with Gasteiger partial charge in [0, 0.05) is 14.1 Å². The second kappa shape index (κ2) is 6.24.